The number of nitrogens with two attached hydrogens (primary N) is 1. The van der Waals surface area contributed by atoms with Crippen molar-refractivity contribution >= 4 is 25.3 Å². The van der Waals surface area contributed by atoms with E-state index in [0.717, 1.165) is 50.2 Å². The molecule has 0 amide bonds. The molecule has 1 saturated heterocycles. The lowest BCUT2D eigenvalue weighted by Crippen LogP contribution is -3.14. The van der Waals surface area contributed by atoms with E-state index in [-0.39, 0.29) is 6.73 Å². The summed E-state index contributed by atoms with van der Waals surface area (Å²) in [5, 5.41) is 4.19. The van der Waals surface area contributed by atoms with E-state index < -0.39 is 14.0 Å². The zero-order chi connectivity index (χ0) is 23.3. The average Bonchev–Trinajstić information content (AvgIpc) is 3.28. The Labute approximate surface area is 196 Å². The van der Waals surface area contributed by atoms with Crippen molar-refractivity contribution in [2.24, 2.45) is 5.73 Å². The minimum absolute atomic E-state index is 0.133. The van der Waals surface area contributed by atoms with Crippen LogP contribution in [0.4, 0.5) is 0 Å². The Morgan fingerprint density at radius 2 is 2.09 bits per heavy atom. The van der Waals surface area contributed by atoms with Gasteiger partial charge in [0.25, 0.3) is 0 Å². The molecule has 3 unspecified atom stereocenters. The summed E-state index contributed by atoms with van der Waals surface area (Å²) in [5.74, 6) is 0.553. The minimum atomic E-state index is -4.08. The highest BCUT2D eigenvalue weighted by molar-refractivity contribution is 7.97. The van der Waals surface area contributed by atoms with Gasteiger partial charge < -0.3 is 14.2 Å². The van der Waals surface area contributed by atoms with E-state index >= 15 is 0 Å². The molecule has 1 fully saturated rings. The number of nitrogens with one attached hydrogen (secondary N) is 1. The first-order valence-electron chi connectivity index (χ1n) is 10.5. The van der Waals surface area contributed by atoms with Gasteiger partial charge in [0.15, 0.2) is 18.7 Å². The summed E-state index contributed by atoms with van der Waals surface area (Å²) in [4.78, 5) is 11.3. The Kier molecular flexibility index (Phi) is 8.18. The maximum Gasteiger partial charge on any atom is 0.476 e. The molecule has 12 heteroatoms. The van der Waals surface area contributed by atoms with Gasteiger partial charge in [0.1, 0.15) is 0 Å². The SMILES string of the molecule is COP(=O)(O)OC[NH+]1C=CC=C(c2cc(Cc3ccc(SN4CCOCC4)cc3)no2)C1N. The van der Waals surface area contributed by atoms with Crippen molar-refractivity contribution < 1.29 is 32.7 Å². The largest absolute Gasteiger partial charge is 0.476 e. The maximum absolute atomic E-state index is 11.6. The van der Waals surface area contributed by atoms with Crippen LogP contribution in [-0.2, 0) is 24.8 Å². The molecular weight excluding hydrogens is 467 g/mol. The summed E-state index contributed by atoms with van der Waals surface area (Å²) in [6, 6.07) is 10.3. The molecule has 2 aliphatic heterocycles. The Bertz CT molecular complexity index is 1040. The summed E-state index contributed by atoms with van der Waals surface area (Å²) >= 11 is 1.75. The molecule has 0 aliphatic carbocycles. The topological polar surface area (TPSA) is 125 Å². The van der Waals surface area contributed by atoms with Gasteiger partial charge in [-0.15, -0.1) is 0 Å². The lowest BCUT2D eigenvalue weighted by Gasteiger charge is -2.25. The van der Waals surface area contributed by atoms with E-state index in [1.54, 1.807) is 24.2 Å². The number of aromatic nitrogens is 1. The van der Waals surface area contributed by atoms with E-state index in [1.165, 1.54) is 4.90 Å². The molecule has 0 bridgehead atoms. The van der Waals surface area contributed by atoms with Crippen LogP contribution < -0.4 is 10.6 Å². The van der Waals surface area contributed by atoms with Gasteiger partial charge in [0.05, 0.1) is 30.7 Å². The van der Waals surface area contributed by atoms with Crippen LogP contribution in [0.15, 0.2) is 58.1 Å². The smallest absolute Gasteiger partial charge is 0.379 e. The van der Waals surface area contributed by atoms with Crippen molar-refractivity contribution in [3.05, 3.63) is 65.7 Å². The molecule has 0 radical (unpaired) electrons. The molecule has 10 nitrogen and oxygen atoms in total. The molecule has 2 aliphatic rings. The number of allylic oxidation sites excluding steroid dienone is 2. The van der Waals surface area contributed by atoms with Crippen LogP contribution >= 0.6 is 19.8 Å². The molecule has 4 N–H and O–H groups in total. The predicted octanol–water partition coefficient (Wildman–Crippen LogP) is 1.41. The van der Waals surface area contributed by atoms with E-state index in [1.807, 2.05) is 12.1 Å². The van der Waals surface area contributed by atoms with Crippen LogP contribution in [0.3, 0.4) is 0 Å². The van der Waals surface area contributed by atoms with Gasteiger partial charge in [0.2, 0.25) is 0 Å². The van der Waals surface area contributed by atoms with Crippen LogP contribution in [-0.4, -0.2) is 60.7 Å². The number of morpholine rings is 1. The van der Waals surface area contributed by atoms with Gasteiger partial charge in [-0.3, -0.25) is 15.2 Å². The number of ether oxygens (including phenoxy) is 1. The van der Waals surface area contributed by atoms with Crippen molar-refractivity contribution in [1.29, 1.82) is 0 Å². The van der Waals surface area contributed by atoms with Crippen molar-refractivity contribution in [1.82, 2.24) is 9.46 Å². The molecule has 0 saturated carbocycles. The number of phosphoric acid groups is 1. The average molecular weight is 496 g/mol. The number of rotatable bonds is 9. The fourth-order valence-electron chi connectivity index (χ4n) is 3.46. The second kappa shape index (κ2) is 11.1. The van der Waals surface area contributed by atoms with Crippen LogP contribution in [0.25, 0.3) is 5.57 Å². The second-order valence-corrected chi connectivity index (χ2v) is 10.3. The van der Waals surface area contributed by atoms with Crippen molar-refractivity contribution in [3.8, 4) is 0 Å². The van der Waals surface area contributed by atoms with Crippen molar-refractivity contribution in [3.63, 3.8) is 0 Å². The number of hydrogen-bond donors (Lipinski definition) is 3. The van der Waals surface area contributed by atoms with Crippen LogP contribution in [0.5, 0.6) is 0 Å². The first-order valence-corrected chi connectivity index (χ1v) is 12.8. The van der Waals surface area contributed by atoms with Gasteiger partial charge in [-0.2, -0.15) is 0 Å². The highest BCUT2D eigenvalue weighted by atomic mass is 32.2. The lowest BCUT2D eigenvalue weighted by molar-refractivity contribution is -0.882. The summed E-state index contributed by atoms with van der Waals surface area (Å²) in [6.45, 7) is 3.28. The first kappa shape index (κ1) is 24.3. The number of benzene rings is 1. The minimum Gasteiger partial charge on any atom is -0.379 e. The molecule has 1 aromatic carbocycles. The highest BCUT2D eigenvalue weighted by Crippen LogP contribution is 2.41. The zero-order valence-electron chi connectivity index (χ0n) is 18.3. The van der Waals surface area contributed by atoms with Gasteiger partial charge in [-0.1, -0.05) is 17.3 Å². The van der Waals surface area contributed by atoms with Gasteiger partial charge in [0, 0.05) is 37.6 Å². The van der Waals surface area contributed by atoms with Gasteiger partial charge in [-0.25, -0.2) is 13.4 Å². The van der Waals surface area contributed by atoms with Crippen molar-refractivity contribution in [2.45, 2.75) is 17.5 Å². The molecule has 33 heavy (non-hydrogen) atoms. The normalized spacial score (nSPS) is 23.3. The fraction of sp³-hybridized carbons (Fsp3) is 0.381. The maximum atomic E-state index is 11.6. The highest BCUT2D eigenvalue weighted by Gasteiger charge is 2.30. The van der Waals surface area contributed by atoms with Crippen LogP contribution in [0, 0.1) is 0 Å². The summed E-state index contributed by atoms with van der Waals surface area (Å²) in [7, 11) is -2.97. The summed E-state index contributed by atoms with van der Waals surface area (Å²) < 4.78 is 34.2. The number of quaternary nitrogens is 1. The van der Waals surface area contributed by atoms with E-state index in [4.69, 9.17) is 19.5 Å². The molecule has 0 spiro atoms. The van der Waals surface area contributed by atoms with E-state index in [9.17, 15) is 9.46 Å². The van der Waals surface area contributed by atoms with Crippen molar-refractivity contribution in [2.75, 3.05) is 40.1 Å². The molecule has 178 valence electrons. The van der Waals surface area contributed by atoms with E-state index in [2.05, 4.69) is 38.3 Å². The van der Waals surface area contributed by atoms with Crippen LogP contribution in [0.2, 0.25) is 0 Å². The zero-order valence-corrected chi connectivity index (χ0v) is 20.0. The van der Waals surface area contributed by atoms with Crippen LogP contribution in [0.1, 0.15) is 17.0 Å². The van der Waals surface area contributed by atoms with E-state index in [0.29, 0.717) is 17.1 Å². The Balaban J connectivity index is 1.35. The lowest BCUT2D eigenvalue weighted by atomic mass is 10.1. The number of phosphoric ester groups is 1. The first-order chi connectivity index (χ1) is 15.9. The molecule has 3 heterocycles. The Morgan fingerprint density at radius 1 is 1.33 bits per heavy atom. The fourth-order valence-corrected chi connectivity index (χ4v) is 4.77. The Morgan fingerprint density at radius 3 is 2.82 bits per heavy atom. The molecule has 3 atom stereocenters. The third kappa shape index (κ3) is 6.63. The number of hydrogen-bond acceptors (Lipinski definition) is 9. The number of nitrogens with zero attached hydrogens (tertiary/aromatic N) is 2. The molecule has 2 aromatic rings. The standard InChI is InChI=1S/C21H27N4O6PS/c1-28-32(26,27)30-15-24-8-2-3-19(21(24)22)20-14-17(23-31-20)13-16-4-6-18(7-5-16)33-25-9-11-29-12-10-25/h2-8,14,21H,9-13,15,22H2,1H3,(H,26,27)/p+1. The monoisotopic (exact) mass is 495 g/mol. The third-order valence-electron chi connectivity index (χ3n) is 5.30. The van der Waals surface area contributed by atoms with Gasteiger partial charge >= 0.3 is 7.82 Å². The summed E-state index contributed by atoms with van der Waals surface area (Å²) in [6.07, 6.45) is 5.46. The Hall–Kier alpha value is -1.79. The quantitative estimate of drug-likeness (QED) is 0.347. The molecular formula is C21H28N4O6PS+. The second-order valence-electron chi connectivity index (χ2n) is 7.59. The van der Waals surface area contributed by atoms with Gasteiger partial charge in [-0.05, 0) is 41.8 Å². The molecule has 4 rings (SSSR count). The molecule has 1 aromatic heterocycles. The predicted molar refractivity (Wildman–Crippen MR) is 123 cm³/mol. The summed E-state index contributed by atoms with van der Waals surface area (Å²) in [5.41, 5.74) is 8.97. The third-order valence-corrected chi connectivity index (χ3v) is 7.33.